The fourth-order valence-corrected chi connectivity index (χ4v) is 2.86. The maximum absolute atomic E-state index is 10.7. The van der Waals surface area contributed by atoms with E-state index >= 15 is 0 Å². The highest BCUT2D eigenvalue weighted by Crippen LogP contribution is 2.27. The van der Waals surface area contributed by atoms with Gasteiger partial charge in [0.15, 0.2) is 12.4 Å². The van der Waals surface area contributed by atoms with Gasteiger partial charge < -0.3 is 19.5 Å². The summed E-state index contributed by atoms with van der Waals surface area (Å²) in [5.41, 5.74) is 1.01. The summed E-state index contributed by atoms with van der Waals surface area (Å²) in [6.07, 6.45) is 3.34. The first-order chi connectivity index (χ1) is 12.6. The molecule has 0 atom stereocenters. The van der Waals surface area contributed by atoms with Crippen LogP contribution in [0, 0.1) is 0 Å². The minimum absolute atomic E-state index is 0.250. The standard InChI is InChI=1S/C16H19N3O4.CH2O2/c20-15(21)10-22-14-4-2-1-3-13(14)9-19-7-5-12(6-8-19)16-17-11-23-18-16;2-1-3/h1-4,11-12H,5-10H2,(H,20,21);1H,(H,2,3). The quantitative estimate of drug-likeness (QED) is 0.736. The predicted octanol–water partition coefficient (Wildman–Crippen LogP) is 1.61. The third kappa shape index (κ3) is 5.85. The zero-order valence-electron chi connectivity index (χ0n) is 14.2. The van der Waals surface area contributed by atoms with Gasteiger partial charge in [-0.25, -0.2) is 4.79 Å². The van der Waals surface area contributed by atoms with Crippen LogP contribution in [0.4, 0.5) is 0 Å². The van der Waals surface area contributed by atoms with Gasteiger partial charge in [0.05, 0.1) is 0 Å². The molecule has 0 spiro atoms. The Morgan fingerprint density at radius 2 is 2.04 bits per heavy atom. The van der Waals surface area contributed by atoms with Gasteiger partial charge in [0.25, 0.3) is 6.47 Å². The zero-order chi connectivity index (χ0) is 18.8. The van der Waals surface area contributed by atoms with Gasteiger partial charge in [-0.05, 0) is 32.0 Å². The number of aliphatic carboxylic acids is 1. The van der Waals surface area contributed by atoms with E-state index in [9.17, 15) is 4.79 Å². The van der Waals surface area contributed by atoms with Crippen molar-refractivity contribution in [1.29, 1.82) is 0 Å². The number of hydrogen-bond acceptors (Lipinski definition) is 7. The second-order valence-corrected chi connectivity index (χ2v) is 5.74. The summed E-state index contributed by atoms with van der Waals surface area (Å²) >= 11 is 0. The van der Waals surface area contributed by atoms with Crippen molar-refractivity contribution in [1.82, 2.24) is 15.0 Å². The molecule has 0 amide bonds. The third-order valence-electron chi connectivity index (χ3n) is 4.05. The number of carboxylic acid groups (broad SMARTS) is 2. The van der Waals surface area contributed by atoms with Crippen molar-refractivity contribution in [2.45, 2.75) is 25.3 Å². The van der Waals surface area contributed by atoms with Crippen LogP contribution in [0.3, 0.4) is 0 Å². The van der Waals surface area contributed by atoms with Crippen LogP contribution in [0.25, 0.3) is 0 Å². The van der Waals surface area contributed by atoms with E-state index in [1.54, 1.807) is 0 Å². The van der Waals surface area contributed by atoms with Crippen LogP contribution in [0.5, 0.6) is 5.75 Å². The smallest absolute Gasteiger partial charge is 0.341 e. The highest BCUT2D eigenvalue weighted by Gasteiger charge is 2.24. The molecule has 1 aliphatic rings. The van der Waals surface area contributed by atoms with Crippen molar-refractivity contribution < 1.29 is 29.1 Å². The fourth-order valence-electron chi connectivity index (χ4n) is 2.86. The van der Waals surface area contributed by atoms with Crippen molar-refractivity contribution in [2.75, 3.05) is 19.7 Å². The van der Waals surface area contributed by atoms with Gasteiger partial charge in [-0.1, -0.05) is 23.4 Å². The summed E-state index contributed by atoms with van der Waals surface area (Å²) in [5, 5.41) is 19.6. The van der Waals surface area contributed by atoms with Gasteiger partial charge in [-0.3, -0.25) is 9.69 Å². The number of benzene rings is 1. The molecule has 1 aromatic carbocycles. The SMILES string of the molecule is O=C(O)COc1ccccc1CN1CCC(c2ncon2)CC1.O=CO. The van der Waals surface area contributed by atoms with E-state index in [2.05, 4.69) is 15.0 Å². The molecule has 3 rings (SSSR count). The van der Waals surface area contributed by atoms with E-state index in [0.717, 1.165) is 43.9 Å². The van der Waals surface area contributed by atoms with Gasteiger partial charge in [-0.15, -0.1) is 0 Å². The monoisotopic (exact) mass is 363 g/mol. The lowest BCUT2D eigenvalue weighted by Gasteiger charge is -2.30. The van der Waals surface area contributed by atoms with Crippen molar-refractivity contribution >= 4 is 12.4 Å². The van der Waals surface area contributed by atoms with Crippen LogP contribution in [0.1, 0.15) is 30.1 Å². The van der Waals surface area contributed by atoms with E-state index in [0.29, 0.717) is 11.7 Å². The largest absolute Gasteiger partial charge is 0.483 e. The molecule has 2 heterocycles. The maximum atomic E-state index is 10.7. The van der Waals surface area contributed by atoms with Crippen molar-refractivity contribution in [3.8, 4) is 5.75 Å². The van der Waals surface area contributed by atoms with Crippen LogP contribution in [-0.4, -0.2) is 57.4 Å². The number of piperidine rings is 1. The molecule has 140 valence electrons. The highest BCUT2D eigenvalue weighted by atomic mass is 16.5. The van der Waals surface area contributed by atoms with Gasteiger partial charge in [-0.2, -0.15) is 4.98 Å². The van der Waals surface area contributed by atoms with Crippen molar-refractivity contribution in [2.24, 2.45) is 0 Å². The Kier molecular flexibility index (Phi) is 7.56. The number of likely N-dealkylation sites (tertiary alicyclic amines) is 1. The van der Waals surface area contributed by atoms with Gasteiger partial charge >= 0.3 is 5.97 Å². The summed E-state index contributed by atoms with van der Waals surface area (Å²) in [7, 11) is 0. The molecule has 1 aromatic heterocycles. The first-order valence-corrected chi connectivity index (χ1v) is 8.13. The van der Waals surface area contributed by atoms with Crippen molar-refractivity contribution in [3.63, 3.8) is 0 Å². The average molecular weight is 363 g/mol. The molecular weight excluding hydrogens is 342 g/mol. The molecule has 9 heteroatoms. The van der Waals surface area contributed by atoms with E-state index < -0.39 is 5.97 Å². The predicted molar refractivity (Wildman–Crippen MR) is 89.8 cm³/mol. The van der Waals surface area contributed by atoms with Gasteiger partial charge in [0.2, 0.25) is 6.39 Å². The lowest BCUT2D eigenvalue weighted by molar-refractivity contribution is -0.139. The number of carbonyl (C=O) groups is 2. The number of ether oxygens (including phenoxy) is 1. The van der Waals surface area contributed by atoms with Gasteiger partial charge in [0.1, 0.15) is 5.75 Å². The molecule has 1 aliphatic heterocycles. The molecule has 2 N–H and O–H groups in total. The van der Waals surface area contributed by atoms with Crippen LogP contribution in [-0.2, 0) is 16.1 Å². The molecule has 1 saturated heterocycles. The highest BCUT2D eigenvalue weighted by molar-refractivity contribution is 5.68. The minimum atomic E-state index is -0.972. The zero-order valence-corrected chi connectivity index (χ0v) is 14.2. The number of nitrogens with zero attached hydrogens (tertiary/aromatic N) is 3. The van der Waals surface area contributed by atoms with E-state index in [-0.39, 0.29) is 13.1 Å². The topological polar surface area (TPSA) is 126 Å². The van der Waals surface area contributed by atoms with Crippen LogP contribution in [0.15, 0.2) is 35.2 Å². The Hall–Kier alpha value is -2.94. The Bertz CT molecular complexity index is 684. The number of rotatable bonds is 6. The second kappa shape index (κ2) is 10.1. The molecule has 0 saturated carbocycles. The fraction of sp³-hybridized carbons (Fsp3) is 0.412. The normalized spacial score (nSPS) is 14.9. The third-order valence-corrected chi connectivity index (χ3v) is 4.05. The number of aromatic nitrogens is 2. The average Bonchev–Trinajstić information content (AvgIpc) is 3.17. The maximum Gasteiger partial charge on any atom is 0.341 e. The first-order valence-electron chi connectivity index (χ1n) is 8.13. The summed E-state index contributed by atoms with van der Waals surface area (Å²) < 4.78 is 10.2. The number of hydrogen-bond donors (Lipinski definition) is 2. The molecule has 2 aromatic rings. The van der Waals surface area contributed by atoms with E-state index in [4.69, 9.17) is 24.3 Å². The lowest BCUT2D eigenvalue weighted by Crippen LogP contribution is -2.33. The van der Waals surface area contributed by atoms with E-state index in [1.807, 2.05) is 24.3 Å². The molecule has 26 heavy (non-hydrogen) atoms. The Morgan fingerprint density at radius 3 is 2.65 bits per heavy atom. The van der Waals surface area contributed by atoms with E-state index in [1.165, 1.54) is 6.39 Å². The summed E-state index contributed by atoms with van der Waals surface area (Å²) in [6, 6.07) is 7.57. The molecule has 9 nitrogen and oxygen atoms in total. The molecule has 1 fully saturated rings. The molecule has 0 aliphatic carbocycles. The first kappa shape index (κ1) is 19.4. The Morgan fingerprint density at radius 1 is 1.35 bits per heavy atom. The number of carboxylic acids is 1. The molecular formula is C17H21N3O6. The summed E-state index contributed by atoms with van der Waals surface area (Å²) in [6.45, 7) is 2.05. The second-order valence-electron chi connectivity index (χ2n) is 5.74. The van der Waals surface area contributed by atoms with Gasteiger partial charge in [0, 0.05) is 18.0 Å². The Labute approximate surface area is 150 Å². The van der Waals surface area contributed by atoms with Crippen LogP contribution < -0.4 is 4.74 Å². The minimum Gasteiger partial charge on any atom is -0.483 e. The Balaban J connectivity index is 0.000000758. The molecule has 0 unspecified atom stereocenters. The summed E-state index contributed by atoms with van der Waals surface area (Å²) in [5.74, 6) is 0.800. The van der Waals surface area contributed by atoms with Crippen LogP contribution >= 0.6 is 0 Å². The van der Waals surface area contributed by atoms with Crippen LogP contribution in [0.2, 0.25) is 0 Å². The van der Waals surface area contributed by atoms with Crippen molar-refractivity contribution in [3.05, 3.63) is 42.0 Å². The molecule has 0 radical (unpaired) electrons. The summed E-state index contributed by atoms with van der Waals surface area (Å²) in [4.78, 5) is 25.5. The number of para-hydroxylation sites is 1. The molecule has 0 bridgehead atoms. The lowest BCUT2D eigenvalue weighted by atomic mass is 9.96.